The summed E-state index contributed by atoms with van der Waals surface area (Å²) in [5.41, 5.74) is 4.55. The van der Waals surface area contributed by atoms with Crippen LogP contribution < -0.4 is 35.6 Å². The zero-order valence-electron chi connectivity index (χ0n) is 45.3. The predicted molar refractivity (Wildman–Crippen MR) is 320 cm³/mol. The molecule has 0 radical (unpaired) electrons. The zero-order valence-corrected chi connectivity index (χ0v) is 48.1. The minimum atomic E-state index is -4.47. The summed E-state index contributed by atoms with van der Waals surface area (Å²) in [6, 6.07) is 32.1. The van der Waals surface area contributed by atoms with Crippen molar-refractivity contribution in [2.24, 2.45) is 0 Å². The number of aromatic nitrogens is 2. The molecule has 14 nitrogen and oxygen atoms in total. The van der Waals surface area contributed by atoms with Gasteiger partial charge in [-0.05, 0) is 143 Å². The maximum Gasteiger partial charge on any atom is 0.416 e. The van der Waals surface area contributed by atoms with Crippen molar-refractivity contribution in [3.63, 3.8) is 0 Å². The smallest absolute Gasteiger partial charge is 0.416 e. The SMILES string of the molecule is CC(C)(C)OC(=O)N1CCC(c2cccc(NC(=O)N3c4nc(-c5cccc(C(F)(F)F)c5)ccc4N4CC[C@H]3C4)c2)C1.Cl.O=C(Nc1cccc(C2CCNC2)c1)N1c2nc(-c3cccc(C(F)(F)F)c3)ccc2N2CC[C@H]1C2.S.S. The lowest BCUT2D eigenvalue weighted by molar-refractivity contribution is -0.138. The van der Waals surface area contributed by atoms with Crippen LogP contribution in [0.3, 0.4) is 0 Å². The Kier molecular flexibility index (Phi) is 18.3. The average molecular weight is 1190 g/mol. The number of carbonyl (C=O) groups excluding carboxylic acids is 3. The van der Waals surface area contributed by atoms with Crippen molar-refractivity contribution in [2.45, 2.75) is 88.3 Å². The Labute approximate surface area is 492 Å². The molecule has 2 unspecified atom stereocenters. The van der Waals surface area contributed by atoms with E-state index in [2.05, 4.69) is 31.8 Å². The molecule has 4 saturated heterocycles. The first kappa shape index (κ1) is 61.2. The van der Waals surface area contributed by atoms with Crippen molar-refractivity contribution in [2.75, 3.05) is 82.6 Å². The van der Waals surface area contributed by atoms with Crippen molar-refractivity contribution >= 4 is 91.9 Å². The number of hydrogen-bond acceptors (Lipinski definition) is 9. The number of amides is 5. The first-order chi connectivity index (χ1) is 37.7. The van der Waals surface area contributed by atoms with Crippen LogP contribution in [-0.2, 0) is 17.1 Å². The number of rotatable bonds is 6. The van der Waals surface area contributed by atoms with Gasteiger partial charge in [-0.2, -0.15) is 53.3 Å². The first-order valence-corrected chi connectivity index (χ1v) is 26.7. The van der Waals surface area contributed by atoms with E-state index in [0.29, 0.717) is 71.9 Å². The van der Waals surface area contributed by atoms with Gasteiger partial charge in [-0.25, -0.2) is 24.4 Å². The second-order valence-electron chi connectivity index (χ2n) is 22.0. The molecule has 2 aromatic heterocycles. The molecule has 436 valence electrons. The average Bonchev–Trinajstić information content (AvgIpc) is 4.31. The van der Waals surface area contributed by atoms with Gasteiger partial charge in [0.1, 0.15) is 5.60 Å². The summed E-state index contributed by atoms with van der Waals surface area (Å²) >= 11 is 0. The molecule has 4 fully saturated rings. The van der Waals surface area contributed by atoms with Crippen molar-refractivity contribution in [3.05, 3.63) is 144 Å². The first-order valence-electron chi connectivity index (χ1n) is 26.7. The number of likely N-dealkylation sites (tertiary alicyclic amines) is 1. The lowest BCUT2D eigenvalue weighted by Crippen LogP contribution is -2.48. The third-order valence-electron chi connectivity index (χ3n) is 15.4. The van der Waals surface area contributed by atoms with Crippen LogP contribution >= 0.6 is 39.4 Å². The molecule has 4 bridgehead atoms. The maximum atomic E-state index is 13.8. The molecule has 6 aromatic rings. The van der Waals surface area contributed by atoms with Gasteiger partial charge in [0.15, 0.2) is 11.6 Å². The Hall–Kier alpha value is -6.88. The van der Waals surface area contributed by atoms with Crippen molar-refractivity contribution < 1.29 is 45.5 Å². The third kappa shape index (κ3) is 13.1. The number of halogens is 7. The van der Waals surface area contributed by atoms with Gasteiger partial charge in [0.25, 0.3) is 0 Å². The number of nitrogens with zero attached hydrogens (tertiary/aromatic N) is 7. The molecule has 23 heteroatoms. The Bertz CT molecular complexity index is 3310. The molecule has 0 spiro atoms. The van der Waals surface area contributed by atoms with E-state index in [4.69, 9.17) is 14.7 Å². The van der Waals surface area contributed by atoms with Gasteiger partial charge in [-0.1, -0.05) is 48.5 Å². The number of carbonyl (C=O) groups is 3. The summed E-state index contributed by atoms with van der Waals surface area (Å²) in [4.78, 5) is 58.7. The van der Waals surface area contributed by atoms with Crippen LogP contribution in [0.5, 0.6) is 0 Å². The Morgan fingerprint density at radius 1 is 0.573 bits per heavy atom. The summed E-state index contributed by atoms with van der Waals surface area (Å²) in [6.07, 6.45) is -5.83. The predicted octanol–water partition coefficient (Wildman–Crippen LogP) is 13.2. The standard InChI is InChI=1S/C32H34F3N5O3.C27H26F3N5O.ClH.2H2S/c1-31(2,3)43-30(42)39-14-12-22(18-39)20-6-5-9-24(17-20)36-29(41)40-25-13-15-38(19-25)27-11-10-26(37-28(27)40)21-7-4-8-23(16-21)32(33,34)35;28-27(29,30)20-5-1-4-18(13-20)23-7-8-24-25(33-23)35(22-10-12-34(24)16-22)26(36)32-21-6-2-3-17(14-21)19-9-11-31-15-19;;;/h4-11,16-17,22,25H,12-15,18-19H2,1-3H3,(H,36,41);1-8,13-14,19,22,31H,9-12,15-16H2,(H,32,36);1H;2*1H2/t22?,25-;19?,22-;;;/m00.../s1. The third-order valence-corrected chi connectivity index (χ3v) is 15.4. The van der Waals surface area contributed by atoms with E-state index in [9.17, 15) is 40.7 Å². The van der Waals surface area contributed by atoms with Crippen LogP contribution in [-0.4, -0.2) is 103 Å². The van der Waals surface area contributed by atoms with E-state index in [0.717, 1.165) is 98.8 Å². The largest absolute Gasteiger partial charge is 0.444 e. The molecule has 4 atom stereocenters. The van der Waals surface area contributed by atoms with Gasteiger partial charge in [0, 0.05) is 74.2 Å². The second-order valence-corrected chi connectivity index (χ2v) is 22.0. The fourth-order valence-corrected chi connectivity index (χ4v) is 11.5. The molecule has 3 N–H and O–H groups in total. The number of fused-ring (bicyclic) bond motifs is 8. The fourth-order valence-electron chi connectivity index (χ4n) is 11.5. The highest BCUT2D eigenvalue weighted by Crippen LogP contribution is 2.44. The number of nitrogens with one attached hydrogen (secondary N) is 3. The number of benzene rings is 4. The molecule has 12 rings (SSSR count). The van der Waals surface area contributed by atoms with Gasteiger partial charge >= 0.3 is 30.5 Å². The molecule has 6 aliphatic rings. The molecular formula is C59H65ClF6N10O4S2. The Morgan fingerprint density at radius 3 is 1.50 bits per heavy atom. The van der Waals surface area contributed by atoms with Crippen LogP contribution in [0.25, 0.3) is 22.5 Å². The van der Waals surface area contributed by atoms with Crippen LogP contribution in [0.2, 0.25) is 0 Å². The maximum absolute atomic E-state index is 13.8. The van der Waals surface area contributed by atoms with E-state index < -0.39 is 29.1 Å². The van der Waals surface area contributed by atoms with Crippen molar-refractivity contribution in [1.82, 2.24) is 20.2 Å². The fraction of sp³-hybridized carbons (Fsp3) is 0.373. The highest BCUT2D eigenvalue weighted by Gasteiger charge is 2.43. The molecular weight excluding hydrogens is 1130 g/mol. The number of urea groups is 2. The van der Waals surface area contributed by atoms with Crippen LogP contribution in [0.15, 0.2) is 121 Å². The second kappa shape index (κ2) is 24.5. The monoisotopic (exact) mass is 1190 g/mol. The minimum Gasteiger partial charge on any atom is -0.444 e. The summed E-state index contributed by atoms with van der Waals surface area (Å²) in [5, 5.41) is 9.45. The molecule has 5 amide bonds. The van der Waals surface area contributed by atoms with E-state index in [-0.39, 0.29) is 75.6 Å². The number of pyridine rings is 2. The van der Waals surface area contributed by atoms with Gasteiger partial charge in [-0.15, -0.1) is 12.4 Å². The van der Waals surface area contributed by atoms with Gasteiger partial charge in [0.2, 0.25) is 0 Å². The van der Waals surface area contributed by atoms with Gasteiger partial charge in [0.05, 0.1) is 46.0 Å². The number of hydrogen-bond donors (Lipinski definition) is 3. The quantitative estimate of drug-likeness (QED) is 0.139. The topological polar surface area (TPSA) is 139 Å². The minimum absolute atomic E-state index is 0. The molecule has 6 aliphatic heterocycles. The normalized spacial score (nSPS) is 19.6. The molecule has 0 aliphatic carbocycles. The summed E-state index contributed by atoms with van der Waals surface area (Å²) in [6.45, 7) is 11.5. The highest BCUT2D eigenvalue weighted by atomic mass is 35.5. The molecule has 4 aromatic carbocycles. The molecule has 82 heavy (non-hydrogen) atoms. The highest BCUT2D eigenvalue weighted by molar-refractivity contribution is 7.59. The van der Waals surface area contributed by atoms with E-state index in [1.165, 1.54) is 17.7 Å². The number of anilines is 6. The number of alkyl halides is 6. The Morgan fingerprint density at radius 2 is 1.05 bits per heavy atom. The van der Waals surface area contributed by atoms with Crippen LogP contribution in [0, 0.1) is 0 Å². The Balaban J connectivity index is 0.000000210. The molecule has 0 saturated carbocycles. The van der Waals surface area contributed by atoms with Gasteiger partial charge < -0.3 is 35.4 Å². The van der Waals surface area contributed by atoms with Crippen LogP contribution in [0.4, 0.5) is 75.1 Å². The summed E-state index contributed by atoms with van der Waals surface area (Å²) < 4.78 is 85.5. The zero-order chi connectivity index (χ0) is 55.4. The lowest BCUT2D eigenvalue weighted by Gasteiger charge is -2.36. The number of ether oxygens (including phenoxy) is 1. The van der Waals surface area contributed by atoms with E-state index in [1.807, 2.05) is 75.4 Å². The molecule has 8 heterocycles. The van der Waals surface area contributed by atoms with Crippen LogP contribution in [0.1, 0.15) is 80.5 Å². The van der Waals surface area contributed by atoms with E-state index in [1.54, 1.807) is 39.0 Å². The van der Waals surface area contributed by atoms with Crippen molar-refractivity contribution in [3.8, 4) is 22.5 Å². The van der Waals surface area contributed by atoms with Crippen molar-refractivity contribution in [1.29, 1.82) is 0 Å². The lowest BCUT2D eigenvalue weighted by atomic mass is 9.98. The summed E-state index contributed by atoms with van der Waals surface area (Å²) in [5.74, 6) is 1.45. The summed E-state index contributed by atoms with van der Waals surface area (Å²) in [7, 11) is 0. The van der Waals surface area contributed by atoms with Gasteiger partial charge in [-0.3, -0.25) is 9.80 Å². The van der Waals surface area contributed by atoms with E-state index >= 15 is 0 Å².